The zero-order chi connectivity index (χ0) is 12.7. The fraction of sp³-hybridized carbons (Fsp3) is 0.500. The highest BCUT2D eigenvalue weighted by molar-refractivity contribution is 5.32. The van der Waals surface area contributed by atoms with Gasteiger partial charge in [0, 0.05) is 31.8 Å². The molecule has 0 aromatic heterocycles. The van der Waals surface area contributed by atoms with Gasteiger partial charge in [-0.15, -0.1) is 0 Å². The van der Waals surface area contributed by atoms with E-state index in [2.05, 4.69) is 0 Å². The van der Waals surface area contributed by atoms with E-state index >= 15 is 0 Å². The Morgan fingerprint density at radius 1 is 1.18 bits per heavy atom. The number of non-ortho nitro benzene ring substituents is 1. The lowest BCUT2D eigenvalue weighted by molar-refractivity contribution is -0.384. The molecule has 0 saturated heterocycles. The summed E-state index contributed by atoms with van der Waals surface area (Å²) in [6, 6.07) is 6.43. The summed E-state index contributed by atoms with van der Waals surface area (Å²) in [5, 5.41) is 10.5. The largest absolute Gasteiger partial charge is 0.353 e. The lowest BCUT2D eigenvalue weighted by Gasteiger charge is -2.16. The van der Waals surface area contributed by atoms with Crippen LogP contribution in [0.15, 0.2) is 24.3 Å². The Morgan fingerprint density at radius 3 is 2.12 bits per heavy atom. The number of hydrogen-bond acceptors (Lipinski definition) is 4. The molecule has 0 bridgehead atoms. The minimum Gasteiger partial charge on any atom is -0.353 e. The Kier molecular flexibility index (Phi) is 5.59. The van der Waals surface area contributed by atoms with Crippen LogP contribution >= 0.6 is 0 Å². The van der Waals surface area contributed by atoms with E-state index in [0.29, 0.717) is 19.6 Å². The molecule has 0 atom stereocenters. The van der Waals surface area contributed by atoms with Crippen LogP contribution in [0.1, 0.15) is 19.4 Å². The lowest BCUT2D eigenvalue weighted by Crippen LogP contribution is -2.20. The van der Waals surface area contributed by atoms with Crippen LogP contribution in [0.3, 0.4) is 0 Å². The van der Waals surface area contributed by atoms with E-state index in [1.807, 2.05) is 13.8 Å². The van der Waals surface area contributed by atoms with Crippen LogP contribution in [0.4, 0.5) is 5.69 Å². The van der Waals surface area contributed by atoms with E-state index in [1.54, 1.807) is 12.1 Å². The first-order valence-corrected chi connectivity index (χ1v) is 5.63. The highest BCUT2D eigenvalue weighted by atomic mass is 16.7. The molecule has 1 rings (SSSR count). The van der Waals surface area contributed by atoms with Crippen molar-refractivity contribution in [3.63, 3.8) is 0 Å². The molecule has 1 aromatic rings. The zero-order valence-corrected chi connectivity index (χ0v) is 10.1. The molecule has 0 aliphatic carbocycles. The van der Waals surface area contributed by atoms with Gasteiger partial charge in [0.2, 0.25) is 0 Å². The second-order valence-electron chi connectivity index (χ2n) is 3.47. The zero-order valence-electron chi connectivity index (χ0n) is 10.1. The van der Waals surface area contributed by atoms with Gasteiger partial charge in [-0.3, -0.25) is 10.1 Å². The predicted molar refractivity (Wildman–Crippen MR) is 63.8 cm³/mol. The number of nitro groups is 1. The molecular formula is C12H17NO4. The van der Waals surface area contributed by atoms with Gasteiger partial charge in [0.15, 0.2) is 6.29 Å². The average molecular weight is 239 g/mol. The molecule has 0 spiro atoms. The molecule has 0 fully saturated rings. The first kappa shape index (κ1) is 13.6. The Labute approximate surface area is 101 Å². The number of ether oxygens (including phenoxy) is 2. The molecule has 0 heterocycles. The van der Waals surface area contributed by atoms with Crippen LogP contribution < -0.4 is 0 Å². The molecule has 0 amide bonds. The van der Waals surface area contributed by atoms with Crippen molar-refractivity contribution in [1.29, 1.82) is 0 Å². The smallest absolute Gasteiger partial charge is 0.269 e. The number of nitro benzene ring substituents is 1. The van der Waals surface area contributed by atoms with Crippen molar-refractivity contribution in [2.45, 2.75) is 26.6 Å². The van der Waals surface area contributed by atoms with Crippen molar-refractivity contribution in [3.05, 3.63) is 39.9 Å². The molecule has 0 N–H and O–H groups in total. The topological polar surface area (TPSA) is 61.6 Å². The molecule has 0 saturated carbocycles. The van der Waals surface area contributed by atoms with Crippen molar-refractivity contribution < 1.29 is 14.4 Å². The first-order chi connectivity index (χ1) is 8.17. The molecule has 0 aliphatic rings. The standard InChI is InChI=1S/C12H17NO4/c1-3-16-12(17-4-2)9-10-5-7-11(8-6-10)13(14)15/h5-8,12H,3-4,9H2,1-2H3. The van der Waals surface area contributed by atoms with Crippen molar-refractivity contribution in [2.75, 3.05) is 13.2 Å². The molecule has 17 heavy (non-hydrogen) atoms. The van der Waals surface area contributed by atoms with E-state index in [-0.39, 0.29) is 12.0 Å². The monoisotopic (exact) mass is 239 g/mol. The summed E-state index contributed by atoms with van der Waals surface area (Å²) in [4.78, 5) is 10.1. The second kappa shape index (κ2) is 6.98. The van der Waals surface area contributed by atoms with Gasteiger partial charge in [0.25, 0.3) is 5.69 Å². The van der Waals surface area contributed by atoms with Crippen molar-refractivity contribution >= 4 is 5.69 Å². The molecular weight excluding hydrogens is 222 g/mol. The summed E-state index contributed by atoms with van der Waals surface area (Å²) in [5.41, 5.74) is 1.06. The highest BCUT2D eigenvalue weighted by Gasteiger charge is 2.10. The molecule has 0 unspecified atom stereocenters. The van der Waals surface area contributed by atoms with Crippen LogP contribution in [0.5, 0.6) is 0 Å². The van der Waals surface area contributed by atoms with E-state index in [0.717, 1.165) is 5.56 Å². The maximum Gasteiger partial charge on any atom is 0.269 e. The second-order valence-corrected chi connectivity index (χ2v) is 3.47. The number of rotatable bonds is 7. The van der Waals surface area contributed by atoms with Gasteiger partial charge in [-0.25, -0.2) is 0 Å². The molecule has 0 radical (unpaired) electrons. The van der Waals surface area contributed by atoms with Crippen molar-refractivity contribution in [2.24, 2.45) is 0 Å². The summed E-state index contributed by atoms with van der Waals surface area (Å²) in [6.07, 6.45) is 0.311. The number of hydrogen-bond donors (Lipinski definition) is 0. The maximum atomic E-state index is 10.5. The highest BCUT2D eigenvalue weighted by Crippen LogP contribution is 2.14. The summed E-state index contributed by atoms with van der Waals surface area (Å²) in [6.45, 7) is 4.97. The predicted octanol–water partition coefficient (Wildman–Crippen LogP) is 2.54. The summed E-state index contributed by atoms with van der Waals surface area (Å²) < 4.78 is 10.8. The Morgan fingerprint density at radius 2 is 1.71 bits per heavy atom. The minimum atomic E-state index is -0.410. The summed E-state index contributed by atoms with van der Waals surface area (Å²) >= 11 is 0. The van der Waals surface area contributed by atoms with Gasteiger partial charge in [-0.05, 0) is 19.4 Å². The summed E-state index contributed by atoms with van der Waals surface area (Å²) in [7, 11) is 0. The lowest BCUT2D eigenvalue weighted by atomic mass is 10.1. The number of benzene rings is 1. The Bertz CT molecular complexity index is 344. The van der Waals surface area contributed by atoms with E-state index in [1.165, 1.54) is 12.1 Å². The third-order valence-corrected chi connectivity index (χ3v) is 2.25. The van der Waals surface area contributed by atoms with Gasteiger partial charge in [0.05, 0.1) is 4.92 Å². The van der Waals surface area contributed by atoms with Gasteiger partial charge in [-0.1, -0.05) is 12.1 Å². The molecule has 5 heteroatoms. The van der Waals surface area contributed by atoms with Gasteiger partial charge in [-0.2, -0.15) is 0 Å². The Balaban J connectivity index is 2.62. The van der Waals surface area contributed by atoms with Gasteiger partial charge >= 0.3 is 0 Å². The number of nitrogens with zero attached hydrogens (tertiary/aromatic N) is 1. The van der Waals surface area contributed by atoms with Crippen LogP contribution in [0.25, 0.3) is 0 Å². The Hall–Kier alpha value is -1.46. The third kappa shape index (κ3) is 4.50. The van der Waals surface area contributed by atoms with Crippen LogP contribution in [-0.4, -0.2) is 24.4 Å². The maximum absolute atomic E-state index is 10.5. The quantitative estimate of drug-likeness (QED) is 0.416. The fourth-order valence-electron chi connectivity index (χ4n) is 1.48. The minimum absolute atomic E-state index is 0.0955. The first-order valence-electron chi connectivity index (χ1n) is 5.63. The molecule has 5 nitrogen and oxygen atoms in total. The normalized spacial score (nSPS) is 10.8. The van der Waals surface area contributed by atoms with Gasteiger partial charge in [0.1, 0.15) is 0 Å². The SMILES string of the molecule is CCOC(Cc1ccc([N+](=O)[O-])cc1)OCC. The van der Waals surface area contributed by atoms with E-state index < -0.39 is 4.92 Å². The summed E-state index contributed by atoms with van der Waals surface area (Å²) in [5.74, 6) is 0. The van der Waals surface area contributed by atoms with E-state index in [9.17, 15) is 10.1 Å². The fourth-order valence-corrected chi connectivity index (χ4v) is 1.48. The molecule has 94 valence electrons. The van der Waals surface area contributed by atoms with E-state index in [4.69, 9.17) is 9.47 Å². The van der Waals surface area contributed by atoms with Gasteiger partial charge < -0.3 is 9.47 Å². The van der Waals surface area contributed by atoms with Crippen LogP contribution in [-0.2, 0) is 15.9 Å². The van der Waals surface area contributed by atoms with Crippen molar-refractivity contribution in [1.82, 2.24) is 0 Å². The molecule has 0 aliphatic heterocycles. The average Bonchev–Trinajstić information content (AvgIpc) is 2.30. The molecule has 1 aromatic carbocycles. The van der Waals surface area contributed by atoms with Crippen LogP contribution in [0.2, 0.25) is 0 Å². The third-order valence-electron chi connectivity index (χ3n) is 2.25. The van der Waals surface area contributed by atoms with Crippen LogP contribution in [0, 0.1) is 10.1 Å². The van der Waals surface area contributed by atoms with Crippen molar-refractivity contribution in [3.8, 4) is 0 Å².